The van der Waals surface area contributed by atoms with Gasteiger partial charge in [0.2, 0.25) is 0 Å². The van der Waals surface area contributed by atoms with E-state index in [9.17, 15) is 8.42 Å². The minimum absolute atomic E-state index is 0.173. The highest BCUT2D eigenvalue weighted by molar-refractivity contribution is 7.90. The van der Waals surface area contributed by atoms with Gasteiger partial charge in [-0.3, -0.25) is 0 Å². The van der Waals surface area contributed by atoms with Gasteiger partial charge in [0.15, 0.2) is 9.84 Å². The molecule has 0 atom stereocenters. The maximum atomic E-state index is 11.2. The molecule has 0 heterocycles. The molecular weight excluding hydrogens is 204 g/mol. The summed E-state index contributed by atoms with van der Waals surface area (Å²) in [7, 11) is -1.79. The molecule has 1 aromatic carbocycles. The highest BCUT2D eigenvalue weighted by Gasteiger charge is 2.10. The predicted octanol–water partition coefficient (Wildman–Crippen LogP) is 0.591. The van der Waals surface area contributed by atoms with Crippen molar-refractivity contribution in [1.29, 1.82) is 0 Å². The zero-order valence-corrected chi connectivity index (χ0v) is 8.84. The molecule has 0 bridgehead atoms. The molecule has 78 valence electrons. The van der Waals surface area contributed by atoms with E-state index in [1.54, 1.807) is 0 Å². The number of hydrogen-bond donors (Lipinski definition) is 1. The molecular formula is C9H12O4S. The Morgan fingerprint density at radius 1 is 1.43 bits per heavy atom. The topological polar surface area (TPSA) is 63.6 Å². The Kier molecular flexibility index (Phi) is 3.13. The molecule has 0 fully saturated rings. The molecule has 5 heteroatoms. The molecule has 0 aromatic heterocycles. The fraction of sp³-hybridized carbons (Fsp3) is 0.333. The number of rotatable bonds is 3. The number of aliphatic hydroxyl groups is 1. The van der Waals surface area contributed by atoms with Crippen LogP contribution in [0, 0.1) is 0 Å². The monoisotopic (exact) mass is 216 g/mol. The Bertz CT molecular complexity index is 422. The van der Waals surface area contributed by atoms with E-state index in [2.05, 4.69) is 0 Å². The van der Waals surface area contributed by atoms with Crippen molar-refractivity contribution in [2.24, 2.45) is 0 Å². The summed E-state index contributed by atoms with van der Waals surface area (Å²) in [4.78, 5) is 0.187. The van der Waals surface area contributed by atoms with Crippen LogP contribution < -0.4 is 4.74 Å². The zero-order chi connectivity index (χ0) is 10.8. The van der Waals surface area contributed by atoms with Gasteiger partial charge in [-0.2, -0.15) is 0 Å². The fourth-order valence-electron chi connectivity index (χ4n) is 1.09. The molecule has 0 radical (unpaired) electrons. The van der Waals surface area contributed by atoms with Gasteiger partial charge in [0, 0.05) is 11.8 Å². The molecule has 0 saturated heterocycles. The molecule has 1 rings (SSSR count). The first-order chi connectivity index (χ1) is 6.49. The average Bonchev–Trinajstić information content (AvgIpc) is 2.15. The second-order valence-electron chi connectivity index (χ2n) is 2.90. The van der Waals surface area contributed by atoms with Gasteiger partial charge >= 0.3 is 0 Å². The lowest BCUT2D eigenvalue weighted by molar-refractivity contribution is 0.273. The first-order valence-electron chi connectivity index (χ1n) is 3.97. The third kappa shape index (κ3) is 2.24. The van der Waals surface area contributed by atoms with E-state index < -0.39 is 9.84 Å². The van der Waals surface area contributed by atoms with Gasteiger partial charge in [-0.05, 0) is 12.1 Å². The Morgan fingerprint density at radius 3 is 2.50 bits per heavy atom. The summed E-state index contributed by atoms with van der Waals surface area (Å²) in [5, 5.41) is 8.91. The van der Waals surface area contributed by atoms with E-state index in [0.29, 0.717) is 11.3 Å². The van der Waals surface area contributed by atoms with Crippen molar-refractivity contribution in [3.63, 3.8) is 0 Å². The zero-order valence-electron chi connectivity index (χ0n) is 8.02. The van der Waals surface area contributed by atoms with Crippen molar-refractivity contribution < 1.29 is 18.3 Å². The predicted molar refractivity (Wildman–Crippen MR) is 52.0 cm³/mol. The molecule has 1 aromatic rings. The number of hydrogen-bond acceptors (Lipinski definition) is 4. The van der Waals surface area contributed by atoms with Crippen LogP contribution >= 0.6 is 0 Å². The lowest BCUT2D eigenvalue weighted by Crippen LogP contribution is -1.99. The van der Waals surface area contributed by atoms with Crippen LogP contribution in [0.5, 0.6) is 5.75 Å². The minimum Gasteiger partial charge on any atom is -0.496 e. The fourth-order valence-corrected chi connectivity index (χ4v) is 1.72. The molecule has 14 heavy (non-hydrogen) atoms. The van der Waals surface area contributed by atoms with E-state index in [-0.39, 0.29) is 11.5 Å². The molecule has 4 nitrogen and oxygen atoms in total. The van der Waals surface area contributed by atoms with Crippen LogP contribution in [-0.4, -0.2) is 26.9 Å². The highest BCUT2D eigenvalue weighted by atomic mass is 32.2. The van der Waals surface area contributed by atoms with Gasteiger partial charge in [-0.15, -0.1) is 0 Å². The van der Waals surface area contributed by atoms with Crippen molar-refractivity contribution >= 4 is 9.84 Å². The van der Waals surface area contributed by atoms with Crippen LogP contribution in [0.25, 0.3) is 0 Å². The van der Waals surface area contributed by atoms with E-state index in [1.807, 2.05) is 0 Å². The second-order valence-corrected chi connectivity index (χ2v) is 4.92. The molecule has 0 aliphatic rings. The Labute approximate surface area is 83.1 Å². The van der Waals surface area contributed by atoms with Crippen molar-refractivity contribution in [3.05, 3.63) is 23.8 Å². The number of methoxy groups -OCH3 is 1. The number of ether oxygens (including phenoxy) is 1. The molecule has 0 aliphatic heterocycles. The average molecular weight is 216 g/mol. The molecule has 0 spiro atoms. The first kappa shape index (κ1) is 11.0. The van der Waals surface area contributed by atoms with Crippen LogP contribution in [0.3, 0.4) is 0 Å². The largest absolute Gasteiger partial charge is 0.496 e. The summed E-state index contributed by atoms with van der Waals surface area (Å²) in [5.41, 5.74) is 0.569. The van der Waals surface area contributed by atoms with Crippen molar-refractivity contribution in [1.82, 2.24) is 0 Å². The highest BCUT2D eigenvalue weighted by Crippen LogP contribution is 2.22. The number of sulfone groups is 1. The van der Waals surface area contributed by atoms with Crippen molar-refractivity contribution in [2.45, 2.75) is 11.5 Å². The van der Waals surface area contributed by atoms with Gasteiger partial charge in [0.25, 0.3) is 0 Å². The van der Waals surface area contributed by atoms with Crippen LogP contribution in [0.4, 0.5) is 0 Å². The van der Waals surface area contributed by atoms with Crippen molar-refractivity contribution in [2.75, 3.05) is 13.4 Å². The summed E-state index contributed by atoms with van der Waals surface area (Å²) in [6.07, 6.45) is 1.13. The lowest BCUT2D eigenvalue weighted by atomic mass is 10.2. The quantitative estimate of drug-likeness (QED) is 0.803. The third-order valence-corrected chi connectivity index (χ3v) is 2.97. The lowest BCUT2D eigenvalue weighted by Gasteiger charge is -2.07. The van der Waals surface area contributed by atoms with Crippen LogP contribution in [0.1, 0.15) is 5.56 Å². The van der Waals surface area contributed by atoms with E-state index in [1.165, 1.54) is 25.3 Å². The third-order valence-electron chi connectivity index (χ3n) is 1.86. The van der Waals surface area contributed by atoms with Gasteiger partial charge in [-0.25, -0.2) is 8.42 Å². The smallest absolute Gasteiger partial charge is 0.175 e. The number of aliphatic hydroxyl groups excluding tert-OH is 1. The normalized spacial score (nSPS) is 11.4. The summed E-state index contributed by atoms with van der Waals surface area (Å²) < 4.78 is 27.3. The van der Waals surface area contributed by atoms with E-state index >= 15 is 0 Å². The molecule has 0 unspecified atom stereocenters. The van der Waals surface area contributed by atoms with Gasteiger partial charge in [-0.1, -0.05) is 6.07 Å². The molecule has 1 N–H and O–H groups in total. The summed E-state index contributed by atoms with van der Waals surface area (Å²) >= 11 is 0. The summed E-state index contributed by atoms with van der Waals surface area (Å²) in [5.74, 6) is 0.385. The van der Waals surface area contributed by atoms with Crippen LogP contribution in [0.2, 0.25) is 0 Å². The maximum Gasteiger partial charge on any atom is 0.175 e. The standard InChI is InChI=1S/C9H12O4S/c1-13-9-5-8(14(2,11)12)4-3-7(9)6-10/h3-5,10H,6H2,1-2H3. The Morgan fingerprint density at radius 2 is 2.07 bits per heavy atom. The van der Waals surface area contributed by atoms with Crippen molar-refractivity contribution in [3.8, 4) is 5.75 Å². The SMILES string of the molecule is COc1cc(S(C)(=O)=O)ccc1CO. The Balaban J connectivity index is 3.28. The van der Waals surface area contributed by atoms with E-state index in [0.717, 1.165) is 6.26 Å². The van der Waals surface area contributed by atoms with Gasteiger partial charge in [0.1, 0.15) is 5.75 Å². The van der Waals surface area contributed by atoms with E-state index in [4.69, 9.17) is 9.84 Å². The minimum atomic E-state index is -3.22. The molecule has 0 amide bonds. The summed E-state index contributed by atoms with van der Waals surface area (Å²) in [6.45, 7) is -0.173. The maximum absolute atomic E-state index is 11.2. The van der Waals surface area contributed by atoms with Crippen LogP contribution in [0.15, 0.2) is 23.1 Å². The molecule has 0 aliphatic carbocycles. The molecule has 0 saturated carbocycles. The first-order valence-corrected chi connectivity index (χ1v) is 5.86. The Hall–Kier alpha value is -1.07. The number of benzene rings is 1. The van der Waals surface area contributed by atoms with Gasteiger partial charge < -0.3 is 9.84 Å². The van der Waals surface area contributed by atoms with Gasteiger partial charge in [0.05, 0.1) is 18.6 Å². The summed E-state index contributed by atoms with van der Waals surface area (Å²) in [6, 6.07) is 4.39. The second kappa shape index (κ2) is 3.98. The van der Waals surface area contributed by atoms with Crippen LogP contribution in [-0.2, 0) is 16.4 Å².